The second-order valence-electron chi connectivity index (χ2n) is 13.1. The zero-order valence-electron chi connectivity index (χ0n) is 33.0. The zero-order chi connectivity index (χ0) is 38.9. The molecule has 0 radical (unpaired) electrons. The summed E-state index contributed by atoms with van der Waals surface area (Å²) in [5.74, 6) is 0. The molecule has 0 saturated heterocycles. The molecule has 0 N–H and O–H groups in total. The average molecular weight is 680 g/mol. The van der Waals surface area contributed by atoms with Crippen molar-refractivity contribution in [1.29, 1.82) is 0 Å². The number of benzene rings is 9. The molecule has 0 saturated carbocycles. The minimum Gasteiger partial charge on any atom is -0.311 e. The lowest BCUT2D eigenvalue weighted by molar-refractivity contribution is 1.28. The predicted molar refractivity (Wildman–Crippen MR) is 226 cm³/mol. The van der Waals surface area contributed by atoms with Gasteiger partial charge in [0.2, 0.25) is 0 Å². The van der Waals surface area contributed by atoms with Crippen molar-refractivity contribution in [2.24, 2.45) is 0 Å². The van der Waals surface area contributed by atoms with Crippen LogP contribution in [0.3, 0.4) is 0 Å². The second-order valence-corrected chi connectivity index (χ2v) is 13.1. The molecule has 9 aromatic carbocycles. The van der Waals surface area contributed by atoms with Gasteiger partial charge in [0.05, 0.1) is 5.48 Å². The number of nitrogens with zero attached hydrogens (tertiary/aromatic N) is 1. The van der Waals surface area contributed by atoms with Crippen molar-refractivity contribution in [2.75, 3.05) is 4.90 Å². The molecular weight excluding hydrogens is 639 g/mol. The first-order valence-corrected chi connectivity index (χ1v) is 17.8. The summed E-state index contributed by atoms with van der Waals surface area (Å²) in [5.41, 5.74) is 11.0. The van der Waals surface area contributed by atoms with Gasteiger partial charge in [-0.1, -0.05) is 170 Å². The Morgan fingerprint density at radius 2 is 0.623 bits per heavy atom. The summed E-state index contributed by atoms with van der Waals surface area (Å²) >= 11 is 0. The molecule has 0 bridgehead atoms. The first-order valence-electron chi connectivity index (χ1n) is 19.8. The molecule has 250 valence electrons. The van der Waals surface area contributed by atoms with Crippen LogP contribution in [0, 0.1) is 0 Å². The molecule has 0 aromatic heterocycles. The van der Waals surface area contributed by atoms with Gasteiger partial charge in [-0.3, -0.25) is 0 Å². The monoisotopic (exact) mass is 679 g/mol. The minimum absolute atomic E-state index is 0.0954. The van der Waals surface area contributed by atoms with Crippen LogP contribution < -0.4 is 4.90 Å². The van der Waals surface area contributed by atoms with Crippen molar-refractivity contribution in [3.8, 4) is 55.6 Å². The van der Waals surface area contributed by atoms with E-state index in [0.717, 1.165) is 66.7 Å². The Hall–Kier alpha value is -6.96. The highest BCUT2D eigenvalue weighted by atomic mass is 15.1. The van der Waals surface area contributed by atoms with Crippen LogP contribution in [0.15, 0.2) is 224 Å². The zero-order valence-corrected chi connectivity index (χ0v) is 29.0. The van der Waals surface area contributed by atoms with Gasteiger partial charge < -0.3 is 4.90 Å². The van der Waals surface area contributed by atoms with Crippen molar-refractivity contribution >= 4 is 27.8 Å². The van der Waals surface area contributed by atoms with E-state index in [2.05, 4.69) is 78.9 Å². The lowest BCUT2D eigenvalue weighted by atomic mass is 9.97. The van der Waals surface area contributed by atoms with Crippen molar-refractivity contribution in [1.82, 2.24) is 0 Å². The van der Waals surface area contributed by atoms with Gasteiger partial charge in [-0.2, -0.15) is 0 Å². The van der Waals surface area contributed by atoms with E-state index in [0.29, 0.717) is 5.56 Å². The molecule has 1 nitrogen and oxygen atoms in total. The Labute approximate surface area is 317 Å². The van der Waals surface area contributed by atoms with E-state index in [4.69, 9.17) is 0 Å². The fraction of sp³-hybridized carbons (Fsp3) is 0. The van der Waals surface area contributed by atoms with Crippen molar-refractivity contribution in [3.05, 3.63) is 224 Å². The van der Waals surface area contributed by atoms with E-state index in [1.54, 1.807) is 0 Å². The Balaban J connectivity index is 1.14. The van der Waals surface area contributed by atoms with Gasteiger partial charge in [0.25, 0.3) is 0 Å². The molecular formula is C52H37N. The normalized spacial score (nSPS) is 12.1. The summed E-state index contributed by atoms with van der Waals surface area (Å²) in [7, 11) is 0. The molecule has 9 rings (SSSR count). The Morgan fingerprint density at radius 1 is 0.245 bits per heavy atom. The summed E-state index contributed by atoms with van der Waals surface area (Å²) < 4.78 is 37.7. The minimum atomic E-state index is -0.117. The molecule has 0 aliphatic carbocycles. The van der Waals surface area contributed by atoms with Crippen molar-refractivity contribution in [2.45, 2.75) is 0 Å². The molecule has 9 aromatic rings. The largest absolute Gasteiger partial charge is 0.311 e. The molecule has 0 aliphatic rings. The van der Waals surface area contributed by atoms with Gasteiger partial charge in [0.15, 0.2) is 0 Å². The summed E-state index contributed by atoms with van der Waals surface area (Å²) in [4.78, 5) is 1.84. The summed E-state index contributed by atoms with van der Waals surface area (Å²) in [6.07, 6.45) is 0. The maximum absolute atomic E-state index is 9.49. The molecule has 0 atom stereocenters. The van der Waals surface area contributed by atoms with Gasteiger partial charge in [-0.25, -0.2) is 0 Å². The number of hydrogen-bond acceptors (Lipinski definition) is 1. The van der Waals surface area contributed by atoms with Crippen LogP contribution >= 0.6 is 0 Å². The molecule has 0 spiro atoms. The van der Waals surface area contributed by atoms with Gasteiger partial charge in [-0.05, 0) is 121 Å². The lowest BCUT2D eigenvalue weighted by Gasteiger charge is -2.26. The van der Waals surface area contributed by atoms with Crippen LogP contribution in [0.2, 0.25) is 0 Å². The lowest BCUT2D eigenvalue weighted by Crippen LogP contribution is -2.09. The third-order valence-corrected chi connectivity index (χ3v) is 9.73. The maximum Gasteiger partial charge on any atom is 0.0645 e. The predicted octanol–water partition coefficient (Wildman–Crippen LogP) is 14.6. The second kappa shape index (κ2) is 14.3. The number of rotatable bonds is 8. The number of anilines is 3. The third-order valence-electron chi connectivity index (χ3n) is 9.73. The fourth-order valence-electron chi connectivity index (χ4n) is 6.94. The Bertz CT molecular complexity index is 2840. The standard InChI is InChI=1S/C52H37N/c1-3-11-38(12-4-1)41-23-29-50(30-24-41)53(51-31-25-42(26-32-51)46-18-9-17-45(35-46)39-13-5-2-6-14-39)52-33-27-43(28-34-52)47-19-10-20-48(36-47)49-22-21-40-15-7-8-16-44(40)37-49/h1-37H/i27D,28D,33D,34D. The van der Waals surface area contributed by atoms with E-state index < -0.39 is 0 Å². The first kappa shape index (κ1) is 27.7. The SMILES string of the molecule is [2H]c1c([2H])c(N(c2ccc(-c3ccccc3)cc2)c2ccc(-c3cccc(-c4ccccc4)c3)cc2)c([2H])c([2H])c1-c1cccc(-c2ccc3ccccc3c2)c1. The first-order chi connectivity index (χ1) is 27.9. The highest BCUT2D eigenvalue weighted by Crippen LogP contribution is 2.38. The molecule has 0 amide bonds. The van der Waals surface area contributed by atoms with E-state index in [-0.39, 0.29) is 35.4 Å². The third kappa shape index (κ3) is 6.77. The van der Waals surface area contributed by atoms with Crippen molar-refractivity contribution in [3.63, 3.8) is 0 Å². The van der Waals surface area contributed by atoms with Gasteiger partial charge in [0.1, 0.15) is 0 Å². The molecule has 0 fully saturated rings. The summed E-state index contributed by atoms with van der Waals surface area (Å²) in [6, 6.07) is 66.8. The molecule has 0 aliphatic heterocycles. The molecule has 0 heterocycles. The van der Waals surface area contributed by atoms with Crippen LogP contribution in [0.5, 0.6) is 0 Å². The Morgan fingerprint density at radius 3 is 1.19 bits per heavy atom. The molecule has 53 heavy (non-hydrogen) atoms. The van der Waals surface area contributed by atoms with Gasteiger partial charge in [-0.15, -0.1) is 0 Å². The van der Waals surface area contributed by atoms with Gasteiger partial charge >= 0.3 is 0 Å². The van der Waals surface area contributed by atoms with Crippen LogP contribution in [0.1, 0.15) is 5.48 Å². The molecule has 0 unspecified atom stereocenters. The van der Waals surface area contributed by atoms with Crippen LogP contribution in [-0.2, 0) is 0 Å². The quantitative estimate of drug-likeness (QED) is 0.154. The average Bonchev–Trinajstić information content (AvgIpc) is 3.28. The van der Waals surface area contributed by atoms with Crippen LogP contribution in [0.4, 0.5) is 17.1 Å². The van der Waals surface area contributed by atoms with E-state index >= 15 is 0 Å². The highest BCUT2D eigenvalue weighted by Gasteiger charge is 2.14. The van der Waals surface area contributed by atoms with E-state index in [1.807, 2.05) is 126 Å². The van der Waals surface area contributed by atoms with E-state index in [1.165, 1.54) is 0 Å². The highest BCUT2D eigenvalue weighted by molar-refractivity contribution is 5.88. The number of hydrogen-bond donors (Lipinski definition) is 0. The van der Waals surface area contributed by atoms with Crippen LogP contribution in [-0.4, -0.2) is 0 Å². The van der Waals surface area contributed by atoms with Gasteiger partial charge in [0, 0.05) is 17.1 Å². The van der Waals surface area contributed by atoms with Crippen molar-refractivity contribution < 1.29 is 5.48 Å². The smallest absolute Gasteiger partial charge is 0.0645 e. The fourth-order valence-corrected chi connectivity index (χ4v) is 6.94. The van der Waals surface area contributed by atoms with E-state index in [9.17, 15) is 5.48 Å². The summed E-state index contributed by atoms with van der Waals surface area (Å²) in [5, 5.41) is 2.28. The maximum atomic E-state index is 9.49. The number of fused-ring (bicyclic) bond motifs is 1. The molecule has 1 heteroatoms. The van der Waals surface area contributed by atoms with Crippen LogP contribution in [0.25, 0.3) is 66.4 Å². The topological polar surface area (TPSA) is 3.24 Å². The Kier molecular flexibility index (Phi) is 7.50. The summed E-state index contributed by atoms with van der Waals surface area (Å²) in [6.45, 7) is 0.